The quantitative estimate of drug-likeness (QED) is 0.132. The van der Waals surface area contributed by atoms with Crippen LogP contribution in [0.25, 0.3) is 0 Å². The highest BCUT2D eigenvalue weighted by Crippen LogP contribution is 2.18. The van der Waals surface area contributed by atoms with Crippen molar-refractivity contribution < 1.29 is 9.90 Å². The average molecular weight is 507 g/mol. The number of carbonyl (C=O) groups is 1. The molecular formula is C35H54O2. The van der Waals surface area contributed by atoms with Gasteiger partial charge in [-0.3, -0.25) is 4.79 Å². The van der Waals surface area contributed by atoms with Gasteiger partial charge in [-0.15, -0.1) is 6.58 Å². The van der Waals surface area contributed by atoms with Crippen LogP contribution < -0.4 is 0 Å². The fraction of sp³-hybridized carbons (Fsp3) is 0.514. The second-order valence-corrected chi connectivity index (χ2v) is 11.0. The summed E-state index contributed by atoms with van der Waals surface area (Å²) in [6.07, 6.45) is 25.2. The third-order valence-corrected chi connectivity index (χ3v) is 6.52. The fourth-order valence-corrected chi connectivity index (χ4v) is 3.86. The van der Waals surface area contributed by atoms with Crippen molar-refractivity contribution in [2.45, 2.75) is 111 Å². The van der Waals surface area contributed by atoms with Gasteiger partial charge in [0.05, 0.1) is 5.60 Å². The lowest BCUT2D eigenvalue weighted by Crippen LogP contribution is -2.19. The van der Waals surface area contributed by atoms with E-state index in [2.05, 4.69) is 84.7 Å². The molecule has 2 heteroatoms. The van der Waals surface area contributed by atoms with Gasteiger partial charge in [0.1, 0.15) is 5.78 Å². The first-order chi connectivity index (χ1) is 17.4. The summed E-state index contributed by atoms with van der Waals surface area (Å²) in [4.78, 5) is 12.1. The van der Waals surface area contributed by atoms with E-state index in [1.807, 2.05) is 12.2 Å². The zero-order valence-corrected chi connectivity index (χ0v) is 24.7. The molecule has 0 aromatic heterocycles. The van der Waals surface area contributed by atoms with Crippen LogP contribution in [0.5, 0.6) is 0 Å². The highest BCUT2D eigenvalue weighted by atomic mass is 16.3. The molecule has 1 atom stereocenters. The summed E-state index contributed by atoms with van der Waals surface area (Å²) in [6.45, 7) is 24.0. The molecule has 206 valence electrons. The van der Waals surface area contributed by atoms with Crippen molar-refractivity contribution in [3.63, 3.8) is 0 Å². The van der Waals surface area contributed by atoms with Crippen LogP contribution >= 0.6 is 0 Å². The molecule has 0 rings (SSSR count). The largest absolute Gasteiger partial charge is 0.386 e. The maximum Gasteiger partial charge on any atom is 0.137 e. The molecule has 0 aromatic carbocycles. The molecule has 0 bridgehead atoms. The zero-order valence-electron chi connectivity index (χ0n) is 24.7. The lowest BCUT2D eigenvalue weighted by atomic mass is 9.98. The molecule has 0 saturated heterocycles. The van der Waals surface area contributed by atoms with Crippen molar-refractivity contribution in [1.29, 1.82) is 0 Å². The Morgan fingerprint density at radius 2 is 1.43 bits per heavy atom. The van der Waals surface area contributed by atoms with Crippen molar-refractivity contribution in [3.8, 4) is 0 Å². The maximum absolute atomic E-state index is 12.1. The van der Waals surface area contributed by atoms with E-state index in [1.165, 1.54) is 22.3 Å². The molecule has 37 heavy (non-hydrogen) atoms. The minimum absolute atomic E-state index is 0.284. The molecule has 0 fully saturated rings. The summed E-state index contributed by atoms with van der Waals surface area (Å²) in [5.74, 6) is 0.682. The summed E-state index contributed by atoms with van der Waals surface area (Å²) >= 11 is 0. The maximum atomic E-state index is 12.1. The number of allylic oxidation sites excluding steroid dienone is 12. The van der Waals surface area contributed by atoms with Crippen LogP contribution in [-0.2, 0) is 4.79 Å². The zero-order chi connectivity index (χ0) is 28.3. The molecule has 0 spiro atoms. The number of carbonyl (C=O) groups excluding carboxylic acids is 1. The number of hydrogen-bond donors (Lipinski definition) is 1. The molecule has 1 N–H and O–H groups in total. The molecule has 0 aliphatic carbocycles. The summed E-state index contributed by atoms with van der Waals surface area (Å²) in [6, 6.07) is 0. The van der Waals surface area contributed by atoms with Gasteiger partial charge in [0.25, 0.3) is 0 Å². The fourth-order valence-electron chi connectivity index (χ4n) is 3.86. The molecule has 0 radical (unpaired) electrons. The van der Waals surface area contributed by atoms with Gasteiger partial charge in [0.2, 0.25) is 0 Å². The number of ketones is 1. The van der Waals surface area contributed by atoms with Gasteiger partial charge < -0.3 is 5.11 Å². The molecule has 0 aliphatic heterocycles. The van der Waals surface area contributed by atoms with Crippen LogP contribution in [0.3, 0.4) is 0 Å². The van der Waals surface area contributed by atoms with Gasteiger partial charge in [-0.25, -0.2) is 0 Å². The van der Waals surface area contributed by atoms with Crippen LogP contribution in [0.4, 0.5) is 0 Å². The van der Waals surface area contributed by atoms with Crippen LogP contribution in [0, 0.1) is 5.92 Å². The molecule has 0 aliphatic rings. The van der Waals surface area contributed by atoms with Crippen molar-refractivity contribution in [1.82, 2.24) is 0 Å². The Morgan fingerprint density at radius 1 is 0.811 bits per heavy atom. The average Bonchev–Trinajstić information content (AvgIpc) is 2.83. The van der Waals surface area contributed by atoms with Crippen LogP contribution in [0.1, 0.15) is 106 Å². The van der Waals surface area contributed by atoms with E-state index >= 15 is 0 Å². The Hall–Kier alpha value is -2.45. The van der Waals surface area contributed by atoms with Gasteiger partial charge in [-0.2, -0.15) is 0 Å². The van der Waals surface area contributed by atoms with E-state index in [9.17, 15) is 9.90 Å². The number of rotatable bonds is 20. The number of Topliss-reactive ketones (excluding diaryl/α,β-unsaturated/α-hetero) is 1. The molecular weight excluding hydrogens is 452 g/mol. The first kappa shape index (κ1) is 34.6. The Bertz CT molecular complexity index is 884. The molecule has 0 aromatic rings. The standard InChI is InChI=1S/C35H54O2/c1-10-32(20-14-18-31(8)22-24-33(11-2)27-34(36)26-28(4)5)23-21-30(7)17-13-16-29(6)19-15-25-35(9,37)12-3/h10-12,17-20,24,28,37H,1-3,13-16,21-23,25-27H2,4-9H3/b29-19?,30-17?,31-18?,32-20?,33-24+. The van der Waals surface area contributed by atoms with Gasteiger partial charge in [-0.05, 0) is 90.6 Å². The second kappa shape index (κ2) is 19.6. The summed E-state index contributed by atoms with van der Waals surface area (Å²) in [5, 5.41) is 10.0. The Balaban J connectivity index is 4.60. The summed E-state index contributed by atoms with van der Waals surface area (Å²) in [5.41, 5.74) is 5.60. The van der Waals surface area contributed by atoms with E-state index in [-0.39, 0.29) is 5.78 Å². The topological polar surface area (TPSA) is 37.3 Å². The van der Waals surface area contributed by atoms with Crippen molar-refractivity contribution in [2.75, 3.05) is 0 Å². The Kier molecular flexibility index (Phi) is 18.3. The summed E-state index contributed by atoms with van der Waals surface area (Å²) < 4.78 is 0. The lowest BCUT2D eigenvalue weighted by Gasteiger charge is -2.16. The normalized spacial score (nSPS) is 15.5. The van der Waals surface area contributed by atoms with E-state index < -0.39 is 5.60 Å². The first-order valence-electron chi connectivity index (χ1n) is 13.9. The number of hydrogen-bond acceptors (Lipinski definition) is 2. The van der Waals surface area contributed by atoms with E-state index in [0.29, 0.717) is 25.2 Å². The van der Waals surface area contributed by atoms with Crippen LogP contribution in [0.2, 0.25) is 0 Å². The van der Waals surface area contributed by atoms with Gasteiger partial charge >= 0.3 is 0 Å². The van der Waals surface area contributed by atoms with Crippen molar-refractivity contribution in [2.24, 2.45) is 5.92 Å². The lowest BCUT2D eigenvalue weighted by molar-refractivity contribution is -0.119. The first-order valence-corrected chi connectivity index (χ1v) is 13.9. The van der Waals surface area contributed by atoms with Gasteiger partial charge in [0, 0.05) is 12.8 Å². The Morgan fingerprint density at radius 3 is 2.03 bits per heavy atom. The Labute approximate surface area is 229 Å². The molecule has 1 unspecified atom stereocenters. The minimum Gasteiger partial charge on any atom is -0.386 e. The predicted molar refractivity (Wildman–Crippen MR) is 165 cm³/mol. The molecule has 0 saturated carbocycles. The van der Waals surface area contributed by atoms with Crippen LogP contribution in [-0.4, -0.2) is 16.5 Å². The van der Waals surface area contributed by atoms with Gasteiger partial charge in [0.15, 0.2) is 0 Å². The van der Waals surface area contributed by atoms with E-state index in [0.717, 1.165) is 50.5 Å². The smallest absolute Gasteiger partial charge is 0.137 e. The minimum atomic E-state index is -0.779. The van der Waals surface area contributed by atoms with Crippen molar-refractivity contribution in [3.05, 3.63) is 96.2 Å². The number of aliphatic hydroxyl groups is 1. The molecule has 2 nitrogen and oxygen atoms in total. The SMILES string of the molecule is C=CC(=CCC=C(C)C/C=C(\C=C)CC(=O)CC(C)C)CCC(C)=CCCC(C)=CCCC(C)(O)C=C. The van der Waals surface area contributed by atoms with E-state index in [4.69, 9.17) is 0 Å². The third-order valence-electron chi connectivity index (χ3n) is 6.52. The van der Waals surface area contributed by atoms with Crippen molar-refractivity contribution >= 4 is 5.78 Å². The highest BCUT2D eigenvalue weighted by Gasteiger charge is 2.13. The highest BCUT2D eigenvalue weighted by molar-refractivity contribution is 5.81. The monoisotopic (exact) mass is 506 g/mol. The third kappa shape index (κ3) is 19.3. The van der Waals surface area contributed by atoms with E-state index in [1.54, 1.807) is 13.0 Å². The summed E-state index contributed by atoms with van der Waals surface area (Å²) in [7, 11) is 0. The van der Waals surface area contributed by atoms with Gasteiger partial charge in [-0.1, -0.05) is 97.9 Å². The second-order valence-electron chi connectivity index (χ2n) is 11.0. The predicted octanol–water partition coefficient (Wildman–Crippen LogP) is 10.1. The molecule has 0 amide bonds. The molecule has 0 heterocycles. The van der Waals surface area contributed by atoms with Crippen LogP contribution in [0.15, 0.2) is 96.2 Å².